The fourth-order valence-electron chi connectivity index (χ4n) is 2.58. The van der Waals surface area contributed by atoms with Gasteiger partial charge in [-0.1, -0.05) is 17.7 Å². The molecule has 0 unspecified atom stereocenters. The number of nitrogens with zero attached hydrogens (tertiary/aromatic N) is 4. The Kier molecular flexibility index (Phi) is 4.47. The van der Waals surface area contributed by atoms with Crippen LogP contribution in [0.2, 0.25) is 0 Å². The van der Waals surface area contributed by atoms with Gasteiger partial charge >= 0.3 is 0 Å². The highest BCUT2D eigenvalue weighted by molar-refractivity contribution is 7.89. The fourth-order valence-corrected chi connectivity index (χ4v) is 4.00. The van der Waals surface area contributed by atoms with Crippen LogP contribution in [0, 0.1) is 13.8 Å². The number of piperazine rings is 1. The third kappa shape index (κ3) is 3.60. The zero-order valence-corrected chi connectivity index (χ0v) is 14.1. The van der Waals surface area contributed by atoms with Crippen LogP contribution in [-0.2, 0) is 16.6 Å². The van der Waals surface area contributed by atoms with Gasteiger partial charge in [-0.25, -0.2) is 8.42 Å². The van der Waals surface area contributed by atoms with Gasteiger partial charge in [-0.15, -0.1) is 10.2 Å². The SMILES string of the molecule is Cc1ccc(S(=O)(=O)N2CCN(Cc3nnc(C)o3)CC2)cc1. The minimum Gasteiger partial charge on any atom is -0.424 e. The van der Waals surface area contributed by atoms with Crippen LogP contribution in [0.3, 0.4) is 0 Å². The van der Waals surface area contributed by atoms with E-state index in [4.69, 9.17) is 4.42 Å². The van der Waals surface area contributed by atoms with Crippen molar-refractivity contribution in [1.82, 2.24) is 19.4 Å². The third-order valence-electron chi connectivity index (χ3n) is 3.92. The first kappa shape index (κ1) is 16.1. The molecule has 3 rings (SSSR count). The highest BCUT2D eigenvalue weighted by atomic mass is 32.2. The third-order valence-corrected chi connectivity index (χ3v) is 5.83. The molecule has 2 aromatic rings. The maximum Gasteiger partial charge on any atom is 0.243 e. The van der Waals surface area contributed by atoms with E-state index in [1.54, 1.807) is 19.1 Å². The van der Waals surface area contributed by atoms with E-state index in [0.29, 0.717) is 49.4 Å². The number of sulfonamides is 1. The Hall–Kier alpha value is -1.77. The lowest BCUT2D eigenvalue weighted by atomic mass is 10.2. The normalized spacial score (nSPS) is 17.5. The van der Waals surface area contributed by atoms with E-state index in [1.165, 1.54) is 4.31 Å². The predicted molar refractivity (Wildman–Crippen MR) is 84.2 cm³/mol. The quantitative estimate of drug-likeness (QED) is 0.834. The minimum absolute atomic E-state index is 0.351. The Labute approximate surface area is 136 Å². The zero-order valence-electron chi connectivity index (χ0n) is 13.3. The Bertz CT molecular complexity index is 762. The van der Waals surface area contributed by atoms with E-state index >= 15 is 0 Å². The lowest BCUT2D eigenvalue weighted by molar-refractivity contribution is 0.167. The summed E-state index contributed by atoms with van der Waals surface area (Å²) < 4.78 is 32.2. The second-order valence-corrected chi connectivity index (χ2v) is 7.65. The molecule has 23 heavy (non-hydrogen) atoms. The van der Waals surface area contributed by atoms with Crippen LogP contribution in [0.1, 0.15) is 17.3 Å². The standard InChI is InChI=1S/C15H20N4O3S/c1-12-3-5-14(6-4-12)23(20,21)19-9-7-18(8-10-19)11-15-17-16-13(2)22-15/h3-6H,7-11H2,1-2H3. The molecule has 0 radical (unpaired) electrons. The van der Waals surface area contributed by atoms with Crippen LogP contribution >= 0.6 is 0 Å². The molecular formula is C15H20N4O3S. The average Bonchev–Trinajstić information content (AvgIpc) is 2.93. The van der Waals surface area contributed by atoms with Crippen LogP contribution in [0.15, 0.2) is 33.6 Å². The Balaban J connectivity index is 1.62. The predicted octanol–water partition coefficient (Wildman–Crippen LogP) is 1.19. The zero-order chi connectivity index (χ0) is 16.4. The molecule has 1 saturated heterocycles. The maximum absolute atomic E-state index is 12.6. The van der Waals surface area contributed by atoms with E-state index in [0.717, 1.165) is 5.56 Å². The molecular weight excluding hydrogens is 316 g/mol. The van der Waals surface area contributed by atoms with Crippen molar-refractivity contribution in [2.24, 2.45) is 0 Å². The first-order valence-corrected chi connectivity index (χ1v) is 8.97. The Morgan fingerprint density at radius 3 is 2.26 bits per heavy atom. The fraction of sp³-hybridized carbons (Fsp3) is 0.467. The number of benzene rings is 1. The molecule has 0 bridgehead atoms. The van der Waals surface area contributed by atoms with Crippen LogP contribution < -0.4 is 0 Å². The summed E-state index contributed by atoms with van der Waals surface area (Å²) in [6.07, 6.45) is 0. The smallest absolute Gasteiger partial charge is 0.243 e. The molecule has 0 atom stereocenters. The number of aromatic nitrogens is 2. The summed E-state index contributed by atoms with van der Waals surface area (Å²) in [5, 5.41) is 7.78. The van der Waals surface area contributed by atoms with Crippen molar-refractivity contribution in [2.45, 2.75) is 25.3 Å². The largest absolute Gasteiger partial charge is 0.424 e. The highest BCUT2D eigenvalue weighted by Gasteiger charge is 2.28. The molecule has 1 aromatic heterocycles. The van der Waals surface area contributed by atoms with Gasteiger partial charge in [0.15, 0.2) is 0 Å². The molecule has 0 N–H and O–H groups in total. The van der Waals surface area contributed by atoms with Gasteiger partial charge in [-0.2, -0.15) is 4.31 Å². The van der Waals surface area contributed by atoms with Gasteiger partial charge in [0.05, 0.1) is 11.4 Å². The first-order chi connectivity index (χ1) is 10.9. The number of hydrogen-bond donors (Lipinski definition) is 0. The van der Waals surface area contributed by atoms with E-state index in [-0.39, 0.29) is 0 Å². The number of hydrogen-bond acceptors (Lipinski definition) is 6. The van der Waals surface area contributed by atoms with Crippen molar-refractivity contribution in [3.8, 4) is 0 Å². The summed E-state index contributed by atoms with van der Waals surface area (Å²) >= 11 is 0. The lowest BCUT2D eigenvalue weighted by Crippen LogP contribution is -2.48. The maximum atomic E-state index is 12.6. The summed E-state index contributed by atoms with van der Waals surface area (Å²) in [5.41, 5.74) is 1.05. The first-order valence-electron chi connectivity index (χ1n) is 7.53. The molecule has 1 aromatic carbocycles. The minimum atomic E-state index is -3.42. The van der Waals surface area contributed by atoms with E-state index in [2.05, 4.69) is 15.1 Å². The van der Waals surface area contributed by atoms with Gasteiger partial charge in [0, 0.05) is 33.1 Å². The Morgan fingerprint density at radius 1 is 1.04 bits per heavy atom. The van der Waals surface area contributed by atoms with E-state index in [1.807, 2.05) is 19.1 Å². The number of aryl methyl sites for hydroxylation is 2. The molecule has 1 fully saturated rings. The molecule has 2 heterocycles. The van der Waals surface area contributed by atoms with Crippen LogP contribution in [0.25, 0.3) is 0 Å². The monoisotopic (exact) mass is 336 g/mol. The molecule has 1 aliphatic heterocycles. The van der Waals surface area contributed by atoms with Gasteiger partial charge in [0.2, 0.25) is 21.8 Å². The summed E-state index contributed by atoms with van der Waals surface area (Å²) in [7, 11) is -3.42. The summed E-state index contributed by atoms with van der Waals surface area (Å²) in [6.45, 7) is 6.46. The van der Waals surface area contributed by atoms with Gasteiger partial charge < -0.3 is 4.42 Å². The second-order valence-electron chi connectivity index (χ2n) is 5.71. The van der Waals surface area contributed by atoms with Crippen molar-refractivity contribution >= 4 is 10.0 Å². The molecule has 0 saturated carbocycles. The van der Waals surface area contributed by atoms with Crippen molar-refractivity contribution in [2.75, 3.05) is 26.2 Å². The van der Waals surface area contributed by atoms with Crippen molar-refractivity contribution < 1.29 is 12.8 Å². The van der Waals surface area contributed by atoms with Crippen LogP contribution in [0.5, 0.6) is 0 Å². The molecule has 7 nitrogen and oxygen atoms in total. The van der Waals surface area contributed by atoms with Crippen LogP contribution in [-0.4, -0.2) is 54.0 Å². The molecule has 124 valence electrons. The van der Waals surface area contributed by atoms with Gasteiger partial charge in [0.1, 0.15) is 0 Å². The molecule has 8 heteroatoms. The van der Waals surface area contributed by atoms with E-state index < -0.39 is 10.0 Å². The van der Waals surface area contributed by atoms with Gasteiger partial charge in [0.25, 0.3) is 0 Å². The topological polar surface area (TPSA) is 79.5 Å². The van der Waals surface area contributed by atoms with Crippen molar-refractivity contribution in [3.05, 3.63) is 41.6 Å². The molecule has 0 aliphatic carbocycles. The van der Waals surface area contributed by atoms with Gasteiger partial charge in [-0.3, -0.25) is 4.90 Å². The lowest BCUT2D eigenvalue weighted by Gasteiger charge is -2.33. The summed E-state index contributed by atoms with van der Waals surface area (Å²) in [4.78, 5) is 2.47. The van der Waals surface area contributed by atoms with Crippen molar-refractivity contribution in [1.29, 1.82) is 0 Å². The second kappa shape index (κ2) is 6.38. The van der Waals surface area contributed by atoms with Crippen molar-refractivity contribution in [3.63, 3.8) is 0 Å². The summed E-state index contributed by atoms with van der Waals surface area (Å²) in [5.74, 6) is 1.11. The number of rotatable bonds is 4. The van der Waals surface area contributed by atoms with Crippen LogP contribution in [0.4, 0.5) is 0 Å². The Morgan fingerprint density at radius 2 is 1.70 bits per heavy atom. The molecule has 1 aliphatic rings. The van der Waals surface area contributed by atoms with Gasteiger partial charge in [-0.05, 0) is 19.1 Å². The highest BCUT2D eigenvalue weighted by Crippen LogP contribution is 2.18. The molecule has 0 amide bonds. The molecule has 0 spiro atoms. The summed E-state index contributed by atoms with van der Waals surface area (Å²) in [6, 6.07) is 6.97. The average molecular weight is 336 g/mol. The van der Waals surface area contributed by atoms with E-state index in [9.17, 15) is 8.42 Å².